The van der Waals surface area contributed by atoms with Gasteiger partial charge in [-0.25, -0.2) is 0 Å². The van der Waals surface area contributed by atoms with Crippen molar-refractivity contribution in [1.82, 2.24) is 15.0 Å². The van der Waals surface area contributed by atoms with Crippen LogP contribution in [0.3, 0.4) is 0 Å². The molecular formula is C16H23N3O5. The van der Waals surface area contributed by atoms with Gasteiger partial charge in [0.1, 0.15) is 6.04 Å². The maximum atomic E-state index is 12.9. The smallest absolute Gasteiger partial charge is 0.307 e. The molecule has 0 spiro atoms. The third-order valence-electron chi connectivity index (χ3n) is 5.02. The van der Waals surface area contributed by atoms with Gasteiger partial charge in [0, 0.05) is 12.5 Å². The van der Waals surface area contributed by atoms with Crippen LogP contribution < -0.4 is 0 Å². The van der Waals surface area contributed by atoms with Crippen molar-refractivity contribution in [3.05, 3.63) is 11.7 Å². The van der Waals surface area contributed by atoms with Gasteiger partial charge in [-0.1, -0.05) is 32.9 Å². The Morgan fingerprint density at radius 1 is 1.33 bits per heavy atom. The second-order valence-electron chi connectivity index (χ2n) is 7.38. The number of morpholine rings is 1. The molecule has 8 heteroatoms. The molecule has 1 saturated carbocycles. The summed E-state index contributed by atoms with van der Waals surface area (Å²) in [5, 5.41) is 13.3. The van der Waals surface area contributed by atoms with Gasteiger partial charge in [0.05, 0.1) is 25.0 Å². The molecule has 1 aromatic rings. The zero-order valence-corrected chi connectivity index (χ0v) is 14.4. The summed E-state index contributed by atoms with van der Waals surface area (Å²) in [5.41, 5.74) is -0.536. The number of rotatable bonds is 4. The molecule has 2 aliphatic rings. The number of carboxylic acids is 1. The highest BCUT2D eigenvalue weighted by atomic mass is 16.5. The Balaban J connectivity index is 1.82. The Kier molecular flexibility index (Phi) is 4.11. The van der Waals surface area contributed by atoms with Crippen molar-refractivity contribution in [1.29, 1.82) is 0 Å². The molecule has 1 aromatic heterocycles. The summed E-state index contributed by atoms with van der Waals surface area (Å²) in [7, 11) is 0. The van der Waals surface area contributed by atoms with Crippen LogP contribution >= 0.6 is 0 Å². The highest BCUT2D eigenvalue weighted by Crippen LogP contribution is 2.59. The first kappa shape index (κ1) is 16.9. The van der Waals surface area contributed by atoms with Crippen molar-refractivity contribution >= 4 is 11.9 Å². The first-order valence-electron chi connectivity index (χ1n) is 8.19. The zero-order chi connectivity index (χ0) is 17.6. The number of carbonyl (C=O) groups excluding carboxylic acids is 1. The second-order valence-corrected chi connectivity index (χ2v) is 7.38. The molecule has 132 valence electrons. The predicted octanol–water partition coefficient (Wildman–Crippen LogP) is 1.45. The van der Waals surface area contributed by atoms with Crippen LogP contribution in [0.25, 0.3) is 0 Å². The molecule has 1 amide bonds. The molecule has 24 heavy (non-hydrogen) atoms. The maximum absolute atomic E-state index is 12.9. The van der Waals surface area contributed by atoms with Crippen molar-refractivity contribution in [3.8, 4) is 0 Å². The minimum absolute atomic E-state index is 0.0960. The summed E-state index contributed by atoms with van der Waals surface area (Å²) in [4.78, 5) is 30.3. The van der Waals surface area contributed by atoms with Gasteiger partial charge in [-0.3, -0.25) is 9.59 Å². The molecule has 1 unspecified atom stereocenters. The first-order chi connectivity index (χ1) is 11.2. The third-order valence-corrected chi connectivity index (χ3v) is 5.02. The molecule has 0 radical (unpaired) electrons. The average Bonchev–Trinajstić information content (AvgIpc) is 2.88. The predicted molar refractivity (Wildman–Crippen MR) is 82.1 cm³/mol. The van der Waals surface area contributed by atoms with E-state index in [0.29, 0.717) is 24.9 Å². The Hall–Kier alpha value is -1.96. The zero-order valence-electron chi connectivity index (χ0n) is 14.4. The van der Waals surface area contributed by atoms with Crippen LogP contribution in [-0.2, 0) is 14.3 Å². The van der Waals surface area contributed by atoms with Gasteiger partial charge in [0.2, 0.25) is 11.8 Å². The Labute approximate surface area is 140 Å². The van der Waals surface area contributed by atoms with Crippen molar-refractivity contribution < 1.29 is 24.0 Å². The van der Waals surface area contributed by atoms with E-state index in [0.717, 1.165) is 0 Å². The fraction of sp³-hybridized carbons (Fsp3) is 0.750. The molecule has 0 bridgehead atoms. The van der Waals surface area contributed by atoms with E-state index in [4.69, 9.17) is 9.26 Å². The molecule has 0 aromatic carbocycles. The minimum atomic E-state index is -0.926. The van der Waals surface area contributed by atoms with E-state index in [1.54, 1.807) is 4.90 Å². The lowest BCUT2D eigenvalue weighted by molar-refractivity contribution is -0.146. The number of hydrogen-bond acceptors (Lipinski definition) is 6. The highest BCUT2D eigenvalue weighted by molar-refractivity contribution is 5.91. The number of amides is 1. The van der Waals surface area contributed by atoms with Gasteiger partial charge in [-0.05, 0) is 5.41 Å². The quantitative estimate of drug-likeness (QED) is 0.886. The van der Waals surface area contributed by atoms with Crippen molar-refractivity contribution in [2.24, 2.45) is 17.3 Å². The molecule has 2 heterocycles. The van der Waals surface area contributed by atoms with Crippen molar-refractivity contribution in [3.63, 3.8) is 0 Å². The summed E-state index contributed by atoms with van der Waals surface area (Å²) in [5.74, 6) is -1.24. The topological polar surface area (TPSA) is 106 Å². The maximum Gasteiger partial charge on any atom is 0.307 e. The number of hydrogen-bond donors (Lipinski definition) is 1. The molecule has 2 fully saturated rings. The van der Waals surface area contributed by atoms with Gasteiger partial charge in [-0.15, -0.1) is 0 Å². The largest absolute Gasteiger partial charge is 0.481 e. The molecule has 1 N–H and O–H groups in total. The number of nitrogens with zero attached hydrogens (tertiary/aromatic N) is 3. The highest BCUT2D eigenvalue weighted by Gasteiger charge is 2.67. The van der Waals surface area contributed by atoms with E-state index in [2.05, 4.69) is 10.1 Å². The standard InChI is InChI=1S/C16H23N3O5/c1-8(2)13-17-12(18-24-13)9-7-23-6-5-19(9)14(20)10-11(15(21)22)16(10,3)4/h8-11H,5-7H2,1-4H3,(H,21,22)/t9?,10-,11+/m0/s1. The summed E-state index contributed by atoms with van der Waals surface area (Å²) in [6, 6.07) is -0.437. The average molecular weight is 337 g/mol. The van der Waals surface area contributed by atoms with E-state index in [9.17, 15) is 14.7 Å². The molecule has 1 saturated heterocycles. The van der Waals surface area contributed by atoms with Gasteiger partial charge in [-0.2, -0.15) is 4.98 Å². The molecule has 1 aliphatic carbocycles. The van der Waals surface area contributed by atoms with Crippen LogP contribution in [0.1, 0.15) is 51.4 Å². The van der Waals surface area contributed by atoms with Crippen LogP contribution in [0.15, 0.2) is 4.52 Å². The van der Waals surface area contributed by atoms with Crippen LogP contribution in [-0.4, -0.2) is 51.8 Å². The van der Waals surface area contributed by atoms with E-state index in [-0.39, 0.29) is 18.4 Å². The molecule has 8 nitrogen and oxygen atoms in total. The Bertz CT molecular complexity index is 654. The van der Waals surface area contributed by atoms with E-state index in [1.165, 1.54) is 0 Å². The number of aromatic nitrogens is 2. The number of ether oxygens (including phenoxy) is 1. The summed E-state index contributed by atoms with van der Waals surface area (Å²) in [6.07, 6.45) is 0. The third kappa shape index (κ3) is 2.68. The molecule has 3 rings (SSSR count). The normalized spacial score (nSPS) is 28.9. The van der Waals surface area contributed by atoms with E-state index in [1.807, 2.05) is 27.7 Å². The fourth-order valence-electron chi connectivity index (χ4n) is 3.44. The van der Waals surface area contributed by atoms with Crippen LogP contribution in [0, 0.1) is 17.3 Å². The summed E-state index contributed by atoms with van der Waals surface area (Å²) in [6.45, 7) is 8.62. The number of aliphatic carboxylic acids is 1. The number of carboxylic acid groups (broad SMARTS) is 1. The summed E-state index contributed by atoms with van der Waals surface area (Å²) < 4.78 is 10.7. The first-order valence-corrected chi connectivity index (χ1v) is 8.19. The van der Waals surface area contributed by atoms with Crippen molar-refractivity contribution in [2.45, 2.75) is 39.7 Å². The summed E-state index contributed by atoms with van der Waals surface area (Å²) >= 11 is 0. The van der Waals surface area contributed by atoms with Crippen LogP contribution in [0.5, 0.6) is 0 Å². The number of carbonyl (C=O) groups is 2. The fourth-order valence-corrected chi connectivity index (χ4v) is 3.44. The van der Waals surface area contributed by atoms with Crippen molar-refractivity contribution in [2.75, 3.05) is 19.8 Å². The monoisotopic (exact) mass is 337 g/mol. The van der Waals surface area contributed by atoms with Gasteiger partial charge in [0.15, 0.2) is 5.82 Å². The molecular weight excluding hydrogens is 314 g/mol. The van der Waals surface area contributed by atoms with E-state index < -0.39 is 29.3 Å². The lowest BCUT2D eigenvalue weighted by atomic mass is 10.1. The second kappa shape index (κ2) is 5.84. The minimum Gasteiger partial charge on any atom is -0.481 e. The van der Waals surface area contributed by atoms with Gasteiger partial charge >= 0.3 is 5.97 Å². The van der Waals surface area contributed by atoms with Gasteiger partial charge < -0.3 is 19.3 Å². The molecule has 3 atom stereocenters. The SMILES string of the molecule is CC(C)c1nc(C2COCCN2C(=O)[C@@H]2[C@H](C(=O)O)C2(C)C)no1. The van der Waals surface area contributed by atoms with E-state index >= 15 is 0 Å². The Morgan fingerprint density at radius 2 is 2.04 bits per heavy atom. The van der Waals surface area contributed by atoms with Crippen LogP contribution in [0.2, 0.25) is 0 Å². The lowest BCUT2D eigenvalue weighted by Crippen LogP contribution is -2.45. The molecule has 1 aliphatic heterocycles. The Morgan fingerprint density at radius 3 is 2.58 bits per heavy atom. The lowest BCUT2D eigenvalue weighted by Gasteiger charge is -2.34. The van der Waals surface area contributed by atoms with Gasteiger partial charge in [0.25, 0.3) is 0 Å². The van der Waals surface area contributed by atoms with Crippen LogP contribution in [0.4, 0.5) is 0 Å².